The van der Waals surface area contributed by atoms with Gasteiger partial charge >= 0.3 is 0 Å². The van der Waals surface area contributed by atoms with E-state index in [9.17, 15) is 4.79 Å². The molecule has 162 valence electrons. The number of fused-ring (bicyclic) bond motifs is 2. The van der Waals surface area contributed by atoms with E-state index in [4.69, 9.17) is 20.1 Å². The lowest BCUT2D eigenvalue weighted by Gasteiger charge is -2.36. The average molecular weight is 429 g/mol. The lowest BCUT2D eigenvalue weighted by atomic mass is 10.1. The van der Waals surface area contributed by atoms with Gasteiger partial charge < -0.3 is 20.0 Å². The van der Waals surface area contributed by atoms with Crippen LogP contribution in [-0.4, -0.2) is 62.5 Å². The van der Waals surface area contributed by atoms with Crippen molar-refractivity contribution in [2.75, 3.05) is 31.1 Å². The zero-order valence-electron chi connectivity index (χ0n) is 17.8. The van der Waals surface area contributed by atoms with Gasteiger partial charge in [-0.2, -0.15) is 0 Å². The van der Waals surface area contributed by atoms with Crippen molar-refractivity contribution >= 4 is 34.0 Å². The predicted molar refractivity (Wildman–Crippen MR) is 120 cm³/mol. The van der Waals surface area contributed by atoms with Crippen LogP contribution in [-0.2, 0) is 4.79 Å². The number of aromatic nitrogens is 4. The van der Waals surface area contributed by atoms with E-state index in [-0.39, 0.29) is 5.91 Å². The van der Waals surface area contributed by atoms with Gasteiger partial charge in [-0.25, -0.2) is 19.9 Å². The molecule has 1 aliphatic carbocycles. The van der Waals surface area contributed by atoms with E-state index in [0.717, 1.165) is 46.5 Å². The molecule has 6 rings (SSSR count). The molecule has 0 bridgehead atoms. The molecule has 1 saturated heterocycles. The molecule has 32 heavy (non-hydrogen) atoms. The van der Waals surface area contributed by atoms with E-state index in [0.29, 0.717) is 37.7 Å². The summed E-state index contributed by atoms with van der Waals surface area (Å²) in [6.07, 6.45) is 3.36. The van der Waals surface area contributed by atoms with Gasteiger partial charge in [0.05, 0.1) is 17.4 Å². The van der Waals surface area contributed by atoms with Crippen LogP contribution in [0.3, 0.4) is 0 Å². The Morgan fingerprint density at radius 2 is 1.84 bits per heavy atom. The SMILES string of the molecule is Cc1nc2cc(-c3ccc4ncc(N5CCN(C(=O)C6(N)CC6)CC5)nc4n3)ccc2o1. The van der Waals surface area contributed by atoms with Crippen molar-refractivity contribution in [3.63, 3.8) is 0 Å². The minimum atomic E-state index is -0.612. The molecule has 2 aliphatic rings. The van der Waals surface area contributed by atoms with Crippen LogP contribution in [0.4, 0.5) is 5.82 Å². The van der Waals surface area contributed by atoms with Gasteiger partial charge in [0, 0.05) is 38.7 Å². The topological polar surface area (TPSA) is 114 Å². The van der Waals surface area contributed by atoms with Gasteiger partial charge in [-0.15, -0.1) is 0 Å². The fourth-order valence-corrected chi connectivity index (χ4v) is 4.21. The molecule has 4 heterocycles. The summed E-state index contributed by atoms with van der Waals surface area (Å²) in [5.74, 6) is 1.48. The highest BCUT2D eigenvalue weighted by molar-refractivity contribution is 5.89. The molecule has 1 saturated carbocycles. The first-order valence-corrected chi connectivity index (χ1v) is 10.8. The minimum absolute atomic E-state index is 0.0762. The van der Waals surface area contributed by atoms with Gasteiger partial charge in [0.1, 0.15) is 16.9 Å². The summed E-state index contributed by atoms with van der Waals surface area (Å²) in [6.45, 7) is 4.51. The quantitative estimate of drug-likeness (QED) is 0.528. The highest BCUT2D eigenvalue weighted by Crippen LogP contribution is 2.34. The average Bonchev–Trinajstić information content (AvgIpc) is 3.46. The zero-order chi connectivity index (χ0) is 21.9. The van der Waals surface area contributed by atoms with Crippen LogP contribution in [0.1, 0.15) is 18.7 Å². The van der Waals surface area contributed by atoms with E-state index in [1.807, 2.05) is 42.2 Å². The number of hydrogen-bond acceptors (Lipinski definition) is 8. The Balaban J connectivity index is 1.25. The molecule has 0 radical (unpaired) electrons. The summed E-state index contributed by atoms with van der Waals surface area (Å²) >= 11 is 0. The molecule has 4 aromatic rings. The maximum Gasteiger partial charge on any atom is 0.242 e. The van der Waals surface area contributed by atoms with Crippen molar-refractivity contribution < 1.29 is 9.21 Å². The number of carbonyl (C=O) groups is 1. The summed E-state index contributed by atoms with van der Waals surface area (Å²) in [4.78, 5) is 35.0. The fourth-order valence-electron chi connectivity index (χ4n) is 4.21. The number of oxazole rings is 1. The molecular weight excluding hydrogens is 406 g/mol. The first-order chi connectivity index (χ1) is 15.5. The normalized spacial score (nSPS) is 17.8. The van der Waals surface area contributed by atoms with Crippen molar-refractivity contribution in [3.8, 4) is 11.3 Å². The molecule has 9 heteroatoms. The lowest BCUT2D eigenvalue weighted by Crippen LogP contribution is -2.54. The van der Waals surface area contributed by atoms with Gasteiger partial charge in [0.2, 0.25) is 5.91 Å². The van der Waals surface area contributed by atoms with Gasteiger partial charge in [0.15, 0.2) is 17.1 Å². The monoisotopic (exact) mass is 429 g/mol. The van der Waals surface area contributed by atoms with E-state index in [1.165, 1.54) is 0 Å². The third-order valence-corrected chi connectivity index (χ3v) is 6.29. The van der Waals surface area contributed by atoms with Crippen LogP contribution in [0.2, 0.25) is 0 Å². The third kappa shape index (κ3) is 3.25. The number of benzene rings is 1. The largest absolute Gasteiger partial charge is 0.441 e. The number of nitrogens with zero attached hydrogens (tertiary/aromatic N) is 6. The van der Waals surface area contributed by atoms with Crippen LogP contribution in [0, 0.1) is 6.92 Å². The van der Waals surface area contributed by atoms with Crippen molar-refractivity contribution in [2.24, 2.45) is 5.73 Å². The highest BCUT2D eigenvalue weighted by Gasteiger charge is 2.48. The Bertz CT molecular complexity index is 1350. The predicted octanol–water partition coefficient (Wildman–Crippen LogP) is 2.28. The van der Waals surface area contributed by atoms with Gasteiger partial charge in [-0.3, -0.25) is 4.79 Å². The summed E-state index contributed by atoms with van der Waals surface area (Å²) < 4.78 is 5.57. The summed E-state index contributed by atoms with van der Waals surface area (Å²) in [5, 5.41) is 0. The van der Waals surface area contributed by atoms with Crippen LogP contribution in [0.5, 0.6) is 0 Å². The van der Waals surface area contributed by atoms with Crippen LogP contribution >= 0.6 is 0 Å². The second kappa shape index (κ2) is 6.96. The highest BCUT2D eigenvalue weighted by atomic mass is 16.3. The van der Waals surface area contributed by atoms with E-state index >= 15 is 0 Å². The lowest BCUT2D eigenvalue weighted by molar-refractivity contribution is -0.133. The van der Waals surface area contributed by atoms with Gasteiger partial charge in [-0.05, 0) is 43.2 Å². The number of aryl methyl sites for hydroxylation is 1. The third-order valence-electron chi connectivity index (χ3n) is 6.29. The maximum absolute atomic E-state index is 12.5. The number of rotatable bonds is 3. The standard InChI is InChI=1S/C23H23N7O2/c1-14-26-18-12-15(2-5-19(18)32-14)16-3-4-17-21(27-16)28-20(13-25-17)29-8-10-30(11-9-29)22(31)23(24)6-7-23/h2-5,12-13H,6-11,24H2,1H3. The fraction of sp³-hybridized carbons (Fsp3) is 0.348. The number of hydrogen-bond donors (Lipinski definition) is 1. The zero-order valence-corrected chi connectivity index (χ0v) is 17.8. The first kappa shape index (κ1) is 19.1. The Morgan fingerprint density at radius 3 is 2.62 bits per heavy atom. The number of amides is 1. The van der Waals surface area contributed by atoms with Crippen LogP contribution in [0.25, 0.3) is 33.5 Å². The van der Waals surface area contributed by atoms with Gasteiger partial charge in [-0.1, -0.05) is 0 Å². The minimum Gasteiger partial charge on any atom is -0.441 e. The van der Waals surface area contributed by atoms with Crippen molar-refractivity contribution in [2.45, 2.75) is 25.3 Å². The van der Waals surface area contributed by atoms with Gasteiger partial charge in [0.25, 0.3) is 0 Å². The first-order valence-electron chi connectivity index (χ1n) is 10.8. The molecule has 2 fully saturated rings. The summed E-state index contributed by atoms with van der Waals surface area (Å²) in [5.41, 5.74) is 10.1. The number of pyridine rings is 1. The Morgan fingerprint density at radius 1 is 1.03 bits per heavy atom. The van der Waals surface area contributed by atoms with Crippen molar-refractivity contribution in [3.05, 3.63) is 42.4 Å². The second-order valence-electron chi connectivity index (χ2n) is 8.62. The molecule has 1 amide bonds. The Kier molecular flexibility index (Phi) is 4.16. The molecule has 9 nitrogen and oxygen atoms in total. The second-order valence-corrected chi connectivity index (χ2v) is 8.62. The molecule has 3 aromatic heterocycles. The molecule has 1 aliphatic heterocycles. The van der Waals surface area contributed by atoms with Crippen LogP contribution < -0.4 is 10.6 Å². The maximum atomic E-state index is 12.5. The Hall–Kier alpha value is -3.59. The molecule has 0 unspecified atom stereocenters. The molecule has 0 spiro atoms. The van der Waals surface area contributed by atoms with Crippen molar-refractivity contribution in [1.29, 1.82) is 0 Å². The van der Waals surface area contributed by atoms with Crippen LogP contribution in [0.15, 0.2) is 40.9 Å². The van der Waals surface area contributed by atoms with Crippen molar-refractivity contribution in [1.82, 2.24) is 24.8 Å². The molecule has 1 aromatic carbocycles. The van der Waals surface area contributed by atoms with E-state index < -0.39 is 5.54 Å². The number of nitrogens with two attached hydrogens (primary N) is 1. The number of anilines is 1. The smallest absolute Gasteiger partial charge is 0.242 e. The number of carbonyl (C=O) groups excluding carboxylic acids is 1. The molecule has 0 atom stereocenters. The van der Waals surface area contributed by atoms with E-state index in [1.54, 1.807) is 6.20 Å². The summed E-state index contributed by atoms with van der Waals surface area (Å²) in [6, 6.07) is 9.72. The molecule has 2 N–H and O–H groups in total. The summed E-state index contributed by atoms with van der Waals surface area (Å²) in [7, 11) is 0. The molecular formula is C23H23N7O2. The van der Waals surface area contributed by atoms with E-state index in [2.05, 4.69) is 14.9 Å². The Labute approximate surface area is 184 Å². The number of piperazine rings is 1.